The van der Waals surface area contributed by atoms with Crippen molar-refractivity contribution in [3.05, 3.63) is 60.7 Å². The van der Waals surface area contributed by atoms with Gasteiger partial charge in [-0.3, -0.25) is 14.9 Å². The van der Waals surface area contributed by atoms with Crippen LogP contribution in [-0.4, -0.2) is 10.8 Å². The van der Waals surface area contributed by atoms with E-state index in [0.717, 1.165) is 9.35 Å². The fourth-order valence-electron chi connectivity index (χ4n) is 1.71. The van der Waals surface area contributed by atoms with Gasteiger partial charge in [0, 0.05) is 26.4 Å². The number of hydrogen-bond donors (Lipinski definition) is 1. The summed E-state index contributed by atoms with van der Waals surface area (Å²) in [5, 5.41) is 15.5. The third-order valence-corrected chi connectivity index (χ3v) is 4.32. The zero-order valence-electron chi connectivity index (χ0n) is 10.3. The molecule has 1 aromatic carbocycles. The lowest BCUT2D eigenvalue weighted by Gasteiger charge is -2.04. The van der Waals surface area contributed by atoms with Crippen LogP contribution in [0.15, 0.2) is 40.2 Å². The number of carbonyl (C=O) groups excluding carboxylic acids is 1. The molecule has 1 aromatic heterocycles. The Kier molecular flexibility index (Phi) is 4.86. The molecular formula is C13H11BrN2O3S. The summed E-state index contributed by atoms with van der Waals surface area (Å²) >= 11 is 4.88. The first-order valence-corrected chi connectivity index (χ1v) is 7.45. The monoisotopic (exact) mass is 354 g/mol. The number of benzene rings is 1. The van der Waals surface area contributed by atoms with Crippen molar-refractivity contribution in [3.8, 4) is 0 Å². The number of nitrogens with one attached hydrogen (secondary N) is 1. The fourth-order valence-corrected chi connectivity index (χ4v) is 3.10. The maximum atomic E-state index is 11.8. The highest BCUT2D eigenvalue weighted by molar-refractivity contribution is 9.10. The van der Waals surface area contributed by atoms with E-state index in [4.69, 9.17) is 0 Å². The summed E-state index contributed by atoms with van der Waals surface area (Å²) in [5.41, 5.74) is 0.392. The Hall–Kier alpha value is -1.73. The molecule has 2 rings (SSSR count). The van der Waals surface area contributed by atoms with Crippen LogP contribution in [-0.2, 0) is 17.8 Å². The molecule has 0 radical (unpaired) electrons. The number of halogens is 1. The van der Waals surface area contributed by atoms with Crippen LogP contribution in [0.2, 0.25) is 0 Å². The van der Waals surface area contributed by atoms with E-state index >= 15 is 0 Å². The van der Waals surface area contributed by atoms with Gasteiger partial charge in [-0.2, -0.15) is 0 Å². The van der Waals surface area contributed by atoms with Crippen molar-refractivity contribution >= 4 is 38.9 Å². The number of hydrogen-bond acceptors (Lipinski definition) is 4. The third kappa shape index (κ3) is 3.88. The first-order valence-electron chi connectivity index (χ1n) is 5.78. The van der Waals surface area contributed by atoms with E-state index in [1.807, 2.05) is 11.4 Å². The van der Waals surface area contributed by atoms with E-state index in [0.29, 0.717) is 12.1 Å². The van der Waals surface area contributed by atoms with Crippen LogP contribution in [0.3, 0.4) is 0 Å². The molecule has 0 aliphatic carbocycles. The molecule has 0 unspecified atom stereocenters. The first kappa shape index (κ1) is 14.7. The van der Waals surface area contributed by atoms with Gasteiger partial charge in [-0.05, 0) is 22.0 Å². The van der Waals surface area contributed by atoms with Gasteiger partial charge in [-0.15, -0.1) is 11.3 Å². The minimum atomic E-state index is -0.473. The number of amides is 1. The van der Waals surface area contributed by atoms with E-state index in [2.05, 4.69) is 21.2 Å². The van der Waals surface area contributed by atoms with E-state index in [-0.39, 0.29) is 18.0 Å². The number of rotatable bonds is 5. The van der Waals surface area contributed by atoms with E-state index in [1.54, 1.807) is 18.2 Å². The van der Waals surface area contributed by atoms with Crippen LogP contribution in [0.5, 0.6) is 0 Å². The molecule has 2 aromatic rings. The maximum absolute atomic E-state index is 11.8. The minimum Gasteiger partial charge on any atom is -0.351 e. The van der Waals surface area contributed by atoms with Crippen LogP contribution in [0.25, 0.3) is 0 Å². The quantitative estimate of drug-likeness (QED) is 0.661. The third-order valence-electron chi connectivity index (χ3n) is 2.62. The Morgan fingerprint density at radius 2 is 2.15 bits per heavy atom. The number of para-hydroxylation sites is 1. The summed E-state index contributed by atoms with van der Waals surface area (Å²) < 4.78 is 0.977. The van der Waals surface area contributed by atoms with Gasteiger partial charge in [-0.25, -0.2) is 0 Å². The largest absolute Gasteiger partial charge is 0.351 e. The number of nitrogens with zero attached hydrogens (tertiary/aromatic N) is 1. The zero-order valence-corrected chi connectivity index (χ0v) is 12.7. The lowest BCUT2D eigenvalue weighted by Crippen LogP contribution is -2.24. The van der Waals surface area contributed by atoms with E-state index < -0.39 is 4.92 Å². The summed E-state index contributed by atoms with van der Waals surface area (Å²) in [6, 6.07) is 8.20. The normalized spacial score (nSPS) is 10.2. The van der Waals surface area contributed by atoms with Crippen LogP contribution >= 0.6 is 27.3 Å². The van der Waals surface area contributed by atoms with Gasteiger partial charge in [-0.1, -0.05) is 18.2 Å². The van der Waals surface area contributed by atoms with Gasteiger partial charge in [0.1, 0.15) is 0 Å². The molecule has 0 aliphatic heterocycles. The fraction of sp³-hybridized carbons (Fsp3) is 0.154. The Balaban J connectivity index is 1.96. The van der Waals surface area contributed by atoms with Crippen LogP contribution in [0, 0.1) is 10.1 Å². The van der Waals surface area contributed by atoms with Crippen LogP contribution in [0.4, 0.5) is 5.69 Å². The van der Waals surface area contributed by atoms with Crippen molar-refractivity contribution in [2.24, 2.45) is 0 Å². The summed E-state index contributed by atoms with van der Waals surface area (Å²) in [6.07, 6.45) is 0.00367. The Bertz CT molecular complexity index is 642. The van der Waals surface area contributed by atoms with Crippen LogP contribution < -0.4 is 5.32 Å². The van der Waals surface area contributed by atoms with E-state index in [1.165, 1.54) is 17.4 Å². The number of thiophene rings is 1. The molecule has 20 heavy (non-hydrogen) atoms. The first-order chi connectivity index (χ1) is 9.56. The lowest BCUT2D eigenvalue weighted by atomic mass is 10.1. The van der Waals surface area contributed by atoms with Gasteiger partial charge in [0.25, 0.3) is 5.69 Å². The summed E-state index contributed by atoms with van der Waals surface area (Å²) in [7, 11) is 0. The Morgan fingerprint density at radius 1 is 1.40 bits per heavy atom. The smallest absolute Gasteiger partial charge is 0.273 e. The predicted molar refractivity (Wildman–Crippen MR) is 80.7 cm³/mol. The Morgan fingerprint density at radius 3 is 2.80 bits per heavy atom. The van der Waals surface area contributed by atoms with Crippen LogP contribution in [0.1, 0.15) is 10.4 Å². The average molecular weight is 355 g/mol. The predicted octanol–water partition coefficient (Wildman–Crippen LogP) is 3.28. The highest BCUT2D eigenvalue weighted by atomic mass is 79.9. The second kappa shape index (κ2) is 6.62. The molecular weight excluding hydrogens is 344 g/mol. The number of carbonyl (C=O) groups is 1. The van der Waals surface area contributed by atoms with Gasteiger partial charge in [0.2, 0.25) is 5.91 Å². The maximum Gasteiger partial charge on any atom is 0.273 e. The van der Waals surface area contributed by atoms with Gasteiger partial charge in [0.15, 0.2) is 0 Å². The number of nitro benzene ring substituents is 1. The molecule has 1 N–H and O–H groups in total. The summed E-state index contributed by atoms with van der Waals surface area (Å²) in [6.45, 7) is 0.426. The lowest BCUT2D eigenvalue weighted by molar-refractivity contribution is -0.385. The highest BCUT2D eigenvalue weighted by Crippen LogP contribution is 2.20. The van der Waals surface area contributed by atoms with Crippen molar-refractivity contribution in [2.45, 2.75) is 13.0 Å². The van der Waals surface area contributed by atoms with Crippen molar-refractivity contribution in [1.82, 2.24) is 5.32 Å². The molecule has 7 heteroatoms. The molecule has 0 bridgehead atoms. The van der Waals surface area contributed by atoms with Gasteiger partial charge >= 0.3 is 0 Å². The standard InChI is InChI=1S/C13H11BrN2O3S/c14-10-6-11(20-8-10)7-15-13(17)5-9-3-1-2-4-12(9)16(18)19/h1-4,6,8H,5,7H2,(H,15,17). The molecule has 5 nitrogen and oxygen atoms in total. The molecule has 0 aliphatic rings. The van der Waals surface area contributed by atoms with Crippen molar-refractivity contribution in [3.63, 3.8) is 0 Å². The molecule has 0 saturated carbocycles. The summed E-state index contributed by atoms with van der Waals surface area (Å²) in [4.78, 5) is 23.2. The molecule has 1 heterocycles. The topological polar surface area (TPSA) is 72.2 Å². The van der Waals surface area contributed by atoms with Gasteiger partial charge < -0.3 is 5.32 Å². The molecule has 0 saturated heterocycles. The van der Waals surface area contributed by atoms with Crippen molar-refractivity contribution < 1.29 is 9.72 Å². The summed E-state index contributed by atoms with van der Waals surface area (Å²) in [5.74, 6) is -0.233. The average Bonchev–Trinajstić information content (AvgIpc) is 2.83. The SMILES string of the molecule is O=C(Cc1ccccc1[N+](=O)[O-])NCc1cc(Br)cs1. The molecule has 1 amide bonds. The zero-order chi connectivity index (χ0) is 14.5. The second-order valence-electron chi connectivity index (χ2n) is 4.07. The molecule has 0 fully saturated rings. The molecule has 104 valence electrons. The highest BCUT2D eigenvalue weighted by Gasteiger charge is 2.15. The van der Waals surface area contributed by atoms with Gasteiger partial charge in [0.05, 0.1) is 17.9 Å². The molecule has 0 spiro atoms. The minimum absolute atomic E-state index is 0.00367. The second-order valence-corrected chi connectivity index (χ2v) is 5.98. The molecule has 0 atom stereocenters. The van der Waals surface area contributed by atoms with Crippen molar-refractivity contribution in [2.75, 3.05) is 0 Å². The number of nitro groups is 1. The van der Waals surface area contributed by atoms with E-state index in [9.17, 15) is 14.9 Å². The van der Waals surface area contributed by atoms with Crippen molar-refractivity contribution in [1.29, 1.82) is 0 Å². The Labute approximate surface area is 127 Å².